The minimum atomic E-state index is -0.622. The third-order valence-corrected chi connectivity index (χ3v) is 6.13. The molecule has 178 valence electrons. The van der Waals surface area contributed by atoms with E-state index in [9.17, 15) is 9.59 Å². The molecule has 6 heteroatoms. The first-order chi connectivity index (χ1) is 16.5. The van der Waals surface area contributed by atoms with Crippen molar-refractivity contribution in [3.05, 3.63) is 100 Å². The molecule has 0 aliphatic heterocycles. The maximum absolute atomic E-state index is 13.7. The fourth-order valence-corrected chi connectivity index (χ4v) is 3.99. The zero-order chi connectivity index (χ0) is 24.3. The van der Waals surface area contributed by atoms with Crippen LogP contribution in [0.3, 0.4) is 0 Å². The Balaban J connectivity index is 1.92. The Morgan fingerprint density at radius 2 is 1.56 bits per heavy atom. The van der Waals surface area contributed by atoms with Crippen molar-refractivity contribution in [2.45, 2.75) is 38.8 Å². The van der Waals surface area contributed by atoms with E-state index in [1.54, 1.807) is 12.0 Å². The second-order valence-corrected chi connectivity index (χ2v) is 9.09. The Kier molecular flexibility index (Phi) is 9.71. The quantitative estimate of drug-likeness (QED) is 0.378. The molecule has 0 saturated carbocycles. The summed E-state index contributed by atoms with van der Waals surface area (Å²) in [7, 11) is 1.61. The van der Waals surface area contributed by atoms with Crippen LogP contribution in [-0.4, -0.2) is 36.4 Å². The standard InChI is InChI=1S/C28H31BrN2O3/c1-3-17-30-28(33)26(18-21-7-5-4-6-8-21)31(20-23-9-13-24(29)14-10-23)27(32)19-22-11-15-25(34-2)16-12-22/h4-16,26H,3,17-20H2,1-2H3,(H,30,33)/t26-/m0/s1. The number of amides is 2. The molecule has 0 spiro atoms. The van der Waals surface area contributed by atoms with E-state index in [1.165, 1.54) is 0 Å². The third kappa shape index (κ3) is 7.45. The zero-order valence-corrected chi connectivity index (χ0v) is 21.3. The molecule has 0 aliphatic rings. The van der Waals surface area contributed by atoms with E-state index in [0.29, 0.717) is 19.5 Å². The lowest BCUT2D eigenvalue weighted by molar-refractivity contribution is -0.140. The number of hydrogen-bond acceptors (Lipinski definition) is 3. The second kappa shape index (κ2) is 12.9. The summed E-state index contributed by atoms with van der Waals surface area (Å²) in [5, 5.41) is 3.01. The normalized spacial score (nSPS) is 11.5. The highest BCUT2D eigenvalue weighted by Gasteiger charge is 2.30. The summed E-state index contributed by atoms with van der Waals surface area (Å²) in [5.41, 5.74) is 2.85. The summed E-state index contributed by atoms with van der Waals surface area (Å²) in [6.45, 7) is 2.93. The summed E-state index contributed by atoms with van der Waals surface area (Å²) in [5.74, 6) is 0.510. The number of methoxy groups -OCH3 is 1. The van der Waals surface area contributed by atoms with Gasteiger partial charge in [-0.05, 0) is 47.4 Å². The Hall–Kier alpha value is -3.12. The van der Waals surface area contributed by atoms with Crippen LogP contribution < -0.4 is 10.1 Å². The van der Waals surface area contributed by atoms with Gasteiger partial charge in [0.2, 0.25) is 11.8 Å². The summed E-state index contributed by atoms with van der Waals surface area (Å²) in [4.78, 5) is 28.7. The van der Waals surface area contributed by atoms with Crippen LogP contribution in [-0.2, 0) is 29.0 Å². The van der Waals surface area contributed by atoms with Gasteiger partial charge in [-0.25, -0.2) is 0 Å². The first-order valence-electron chi connectivity index (χ1n) is 11.5. The maximum Gasteiger partial charge on any atom is 0.243 e. The first kappa shape index (κ1) is 25.5. The molecule has 34 heavy (non-hydrogen) atoms. The maximum atomic E-state index is 13.7. The van der Waals surface area contributed by atoms with E-state index in [4.69, 9.17) is 4.74 Å². The van der Waals surface area contributed by atoms with E-state index in [0.717, 1.165) is 33.3 Å². The van der Waals surface area contributed by atoms with E-state index in [-0.39, 0.29) is 18.2 Å². The average Bonchev–Trinajstić information content (AvgIpc) is 2.86. The van der Waals surface area contributed by atoms with Gasteiger partial charge in [-0.1, -0.05) is 77.5 Å². The predicted molar refractivity (Wildman–Crippen MR) is 139 cm³/mol. The molecule has 0 saturated heterocycles. The Bertz CT molecular complexity index is 1050. The van der Waals surface area contributed by atoms with Gasteiger partial charge in [0.05, 0.1) is 13.5 Å². The molecule has 0 aliphatic carbocycles. The van der Waals surface area contributed by atoms with Crippen LogP contribution in [0.4, 0.5) is 0 Å². The molecular weight excluding hydrogens is 492 g/mol. The Morgan fingerprint density at radius 1 is 0.912 bits per heavy atom. The molecule has 0 fully saturated rings. The molecule has 5 nitrogen and oxygen atoms in total. The number of nitrogens with one attached hydrogen (secondary N) is 1. The molecular formula is C28H31BrN2O3. The van der Waals surface area contributed by atoms with E-state index in [2.05, 4.69) is 21.2 Å². The van der Waals surface area contributed by atoms with Crippen molar-refractivity contribution in [2.75, 3.05) is 13.7 Å². The van der Waals surface area contributed by atoms with Gasteiger partial charge in [0.1, 0.15) is 11.8 Å². The number of carbonyl (C=O) groups excluding carboxylic acids is 2. The number of hydrogen-bond donors (Lipinski definition) is 1. The predicted octanol–water partition coefficient (Wildman–Crippen LogP) is 5.17. The number of carbonyl (C=O) groups is 2. The molecule has 0 heterocycles. The highest BCUT2D eigenvalue weighted by molar-refractivity contribution is 9.10. The zero-order valence-electron chi connectivity index (χ0n) is 19.7. The second-order valence-electron chi connectivity index (χ2n) is 8.17. The van der Waals surface area contributed by atoms with Gasteiger partial charge >= 0.3 is 0 Å². The van der Waals surface area contributed by atoms with Gasteiger partial charge in [0, 0.05) is 24.0 Å². The molecule has 0 bridgehead atoms. The van der Waals surface area contributed by atoms with Crippen molar-refractivity contribution in [1.29, 1.82) is 0 Å². The van der Waals surface area contributed by atoms with E-state index >= 15 is 0 Å². The smallest absolute Gasteiger partial charge is 0.243 e. The molecule has 2 amide bonds. The number of ether oxygens (including phenoxy) is 1. The lowest BCUT2D eigenvalue weighted by Crippen LogP contribution is -2.51. The molecule has 1 N–H and O–H groups in total. The molecule has 1 atom stereocenters. The first-order valence-corrected chi connectivity index (χ1v) is 12.3. The van der Waals surface area contributed by atoms with E-state index in [1.807, 2.05) is 85.8 Å². The van der Waals surface area contributed by atoms with E-state index < -0.39 is 6.04 Å². The van der Waals surface area contributed by atoms with Gasteiger partial charge in [0.25, 0.3) is 0 Å². The average molecular weight is 523 g/mol. The van der Waals surface area contributed by atoms with Crippen molar-refractivity contribution in [2.24, 2.45) is 0 Å². The van der Waals surface area contributed by atoms with Gasteiger partial charge in [0.15, 0.2) is 0 Å². The number of halogens is 1. The summed E-state index contributed by atoms with van der Waals surface area (Å²) in [6.07, 6.45) is 1.48. The van der Waals surface area contributed by atoms with Crippen LogP contribution in [0.1, 0.15) is 30.0 Å². The third-order valence-electron chi connectivity index (χ3n) is 5.60. The topological polar surface area (TPSA) is 58.6 Å². The van der Waals surface area contributed by atoms with Crippen molar-refractivity contribution in [3.8, 4) is 5.75 Å². The van der Waals surface area contributed by atoms with Crippen LogP contribution in [0.15, 0.2) is 83.3 Å². The van der Waals surface area contributed by atoms with Crippen molar-refractivity contribution < 1.29 is 14.3 Å². The largest absolute Gasteiger partial charge is 0.497 e. The molecule has 3 aromatic carbocycles. The summed E-state index contributed by atoms with van der Waals surface area (Å²) in [6, 6.07) is 24.5. The minimum Gasteiger partial charge on any atom is -0.497 e. The minimum absolute atomic E-state index is 0.0966. The highest BCUT2D eigenvalue weighted by atomic mass is 79.9. The van der Waals surface area contributed by atoms with Crippen LogP contribution in [0.5, 0.6) is 5.75 Å². The van der Waals surface area contributed by atoms with Crippen LogP contribution >= 0.6 is 15.9 Å². The number of nitrogens with zero attached hydrogens (tertiary/aromatic N) is 1. The fourth-order valence-electron chi connectivity index (χ4n) is 3.73. The molecule has 0 unspecified atom stereocenters. The molecule has 0 aromatic heterocycles. The van der Waals surface area contributed by atoms with Crippen LogP contribution in [0.25, 0.3) is 0 Å². The van der Waals surface area contributed by atoms with Gasteiger partial charge < -0.3 is 15.0 Å². The lowest BCUT2D eigenvalue weighted by Gasteiger charge is -2.31. The molecule has 3 aromatic rings. The van der Waals surface area contributed by atoms with Crippen LogP contribution in [0.2, 0.25) is 0 Å². The van der Waals surface area contributed by atoms with Crippen molar-refractivity contribution in [1.82, 2.24) is 10.2 Å². The summed E-state index contributed by atoms with van der Waals surface area (Å²) < 4.78 is 6.20. The molecule has 3 rings (SSSR count). The fraction of sp³-hybridized carbons (Fsp3) is 0.286. The number of rotatable bonds is 11. The Morgan fingerprint density at radius 3 is 2.18 bits per heavy atom. The highest BCUT2D eigenvalue weighted by Crippen LogP contribution is 2.19. The van der Waals surface area contributed by atoms with Crippen molar-refractivity contribution >= 4 is 27.7 Å². The lowest BCUT2D eigenvalue weighted by atomic mass is 10.0. The SMILES string of the molecule is CCCNC(=O)[C@H](Cc1ccccc1)N(Cc1ccc(Br)cc1)C(=O)Cc1ccc(OC)cc1. The molecule has 0 radical (unpaired) electrons. The number of benzene rings is 3. The van der Waals surface area contributed by atoms with Gasteiger partial charge in [-0.2, -0.15) is 0 Å². The summed E-state index contributed by atoms with van der Waals surface area (Å²) >= 11 is 3.47. The Labute approximate surface area is 210 Å². The monoisotopic (exact) mass is 522 g/mol. The van der Waals surface area contributed by atoms with Crippen molar-refractivity contribution in [3.63, 3.8) is 0 Å². The van der Waals surface area contributed by atoms with Crippen LogP contribution in [0, 0.1) is 0 Å². The van der Waals surface area contributed by atoms with Gasteiger partial charge in [-0.15, -0.1) is 0 Å². The van der Waals surface area contributed by atoms with Gasteiger partial charge in [-0.3, -0.25) is 9.59 Å².